The Morgan fingerprint density at radius 3 is 2.51 bits per heavy atom. The van der Waals surface area contributed by atoms with Crippen molar-refractivity contribution in [1.29, 1.82) is 0 Å². The standard InChI is InChI=1S/C32H34N2O7/c35-16-15-33-30(37)22-18-24(28(36)29-27(22)21-12-6-8-14-26(21)40-29)34(20-10-3-1-2-4-11-20)31(38)23-17-19-9-5-7-13-25(19)41-32(23)39/h5-9,12-14,17-18,20,24,27-29,35-36H,1-4,10-11,15-16H2,(H,33,37). The molecular formula is C32H34N2O7. The van der Waals surface area contributed by atoms with Gasteiger partial charge in [0.2, 0.25) is 5.91 Å². The average molecular weight is 559 g/mol. The van der Waals surface area contributed by atoms with E-state index in [0.717, 1.165) is 31.2 Å². The van der Waals surface area contributed by atoms with Crippen LogP contribution in [0.15, 0.2) is 75.5 Å². The number of nitrogens with one attached hydrogen (secondary N) is 1. The third-order valence-corrected chi connectivity index (χ3v) is 8.52. The molecule has 0 radical (unpaired) electrons. The van der Waals surface area contributed by atoms with Gasteiger partial charge in [-0.25, -0.2) is 4.79 Å². The fourth-order valence-corrected chi connectivity index (χ4v) is 6.59. The van der Waals surface area contributed by atoms with E-state index in [-0.39, 0.29) is 24.8 Å². The van der Waals surface area contributed by atoms with Crippen LogP contribution in [0.25, 0.3) is 11.0 Å². The fourth-order valence-electron chi connectivity index (χ4n) is 6.59. The Morgan fingerprint density at radius 2 is 1.73 bits per heavy atom. The molecule has 3 aliphatic rings. The smallest absolute Gasteiger partial charge is 0.349 e. The Kier molecular flexibility index (Phi) is 7.64. The number of hydrogen-bond donors (Lipinski definition) is 3. The summed E-state index contributed by atoms with van der Waals surface area (Å²) in [6, 6.07) is 14.7. The molecule has 0 bridgehead atoms. The number of para-hydroxylation sites is 2. The van der Waals surface area contributed by atoms with Crippen molar-refractivity contribution in [3.63, 3.8) is 0 Å². The number of ether oxygens (including phenoxy) is 1. The summed E-state index contributed by atoms with van der Waals surface area (Å²) >= 11 is 0. The minimum Gasteiger partial charge on any atom is -0.486 e. The summed E-state index contributed by atoms with van der Waals surface area (Å²) in [7, 11) is 0. The Morgan fingerprint density at radius 1 is 1.00 bits per heavy atom. The molecule has 1 fully saturated rings. The van der Waals surface area contributed by atoms with Gasteiger partial charge < -0.3 is 29.6 Å². The van der Waals surface area contributed by atoms with E-state index in [1.807, 2.05) is 18.2 Å². The highest BCUT2D eigenvalue weighted by Gasteiger charge is 2.51. The summed E-state index contributed by atoms with van der Waals surface area (Å²) in [6.07, 6.45) is 5.00. The molecule has 41 heavy (non-hydrogen) atoms. The quantitative estimate of drug-likeness (QED) is 0.313. The zero-order valence-electron chi connectivity index (χ0n) is 22.7. The Hall–Kier alpha value is -3.95. The van der Waals surface area contributed by atoms with Gasteiger partial charge >= 0.3 is 5.63 Å². The second-order valence-electron chi connectivity index (χ2n) is 11.0. The molecule has 9 heteroatoms. The Labute approximate surface area is 237 Å². The number of benzene rings is 2. The van der Waals surface area contributed by atoms with Crippen LogP contribution in [0.5, 0.6) is 5.75 Å². The first-order chi connectivity index (χ1) is 20.0. The second kappa shape index (κ2) is 11.5. The topological polar surface area (TPSA) is 129 Å². The zero-order valence-corrected chi connectivity index (χ0v) is 22.7. The number of aliphatic hydroxyl groups is 2. The normalized spacial score (nSPS) is 24.0. The van der Waals surface area contributed by atoms with E-state index in [1.165, 1.54) is 0 Å². The lowest BCUT2D eigenvalue weighted by Crippen LogP contribution is -2.58. The molecule has 1 saturated carbocycles. The second-order valence-corrected chi connectivity index (χ2v) is 11.0. The lowest BCUT2D eigenvalue weighted by atomic mass is 9.77. The summed E-state index contributed by atoms with van der Waals surface area (Å²) in [5.41, 5.74) is 0.668. The first-order valence-corrected chi connectivity index (χ1v) is 14.4. The molecule has 2 amide bonds. The van der Waals surface area contributed by atoms with Gasteiger partial charge in [0.05, 0.1) is 18.6 Å². The van der Waals surface area contributed by atoms with Crippen molar-refractivity contribution in [2.24, 2.45) is 0 Å². The van der Waals surface area contributed by atoms with E-state index in [4.69, 9.17) is 9.15 Å². The van der Waals surface area contributed by atoms with E-state index in [2.05, 4.69) is 5.32 Å². The molecule has 6 rings (SSSR count). The first kappa shape index (κ1) is 27.2. The molecule has 3 aromatic rings. The molecule has 4 atom stereocenters. The maximum absolute atomic E-state index is 14.4. The maximum Gasteiger partial charge on any atom is 0.349 e. The Balaban J connectivity index is 1.47. The third-order valence-electron chi connectivity index (χ3n) is 8.52. The van der Waals surface area contributed by atoms with Crippen LogP contribution < -0.4 is 15.7 Å². The monoisotopic (exact) mass is 558 g/mol. The van der Waals surface area contributed by atoms with Gasteiger partial charge in [0, 0.05) is 29.1 Å². The fraction of sp³-hybridized carbons (Fsp3) is 0.406. The molecule has 0 saturated heterocycles. The number of rotatable bonds is 6. The predicted molar refractivity (Wildman–Crippen MR) is 152 cm³/mol. The van der Waals surface area contributed by atoms with E-state index < -0.39 is 41.6 Å². The number of nitrogens with zero attached hydrogens (tertiary/aromatic N) is 1. The van der Waals surface area contributed by atoms with Gasteiger partial charge in [0.1, 0.15) is 29.1 Å². The molecule has 0 spiro atoms. The minimum absolute atomic E-state index is 0.0622. The average Bonchev–Trinajstić information content (AvgIpc) is 3.17. The summed E-state index contributed by atoms with van der Waals surface area (Å²) in [5.74, 6) is -0.913. The van der Waals surface area contributed by atoms with Gasteiger partial charge in [-0.2, -0.15) is 0 Å². The highest BCUT2D eigenvalue weighted by atomic mass is 16.5. The summed E-state index contributed by atoms with van der Waals surface area (Å²) < 4.78 is 11.7. The molecule has 214 valence electrons. The van der Waals surface area contributed by atoms with E-state index in [0.29, 0.717) is 35.1 Å². The van der Waals surface area contributed by atoms with E-state index in [9.17, 15) is 24.6 Å². The molecule has 9 nitrogen and oxygen atoms in total. The lowest BCUT2D eigenvalue weighted by molar-refractivity contribution is -0.118. The van der Waals surface area contributed by atoms with Crippen LogP contribution in [0.1, 0.15) is 60.4 Å². The van der Waals surface area contributed by atoms with Crippen LogP contribution >= 0.6 is 0 Å². The van der Waals surface area contributed by atoms with Crippen molar-refractivity contribution in [3.8, 4) is 5.75 Å². The highest BCUT2D eigenvalue weighted by molar-refractivity contribution is 5.98. The van der Waals surface area contributed by atoms with Crippen molar-refractivity contribution in [1.82, 2.24) is 10.2 Å². The number of carbonyl (C=O) groups is 2. The van der Waals surface area contributed by atoms with Crippen LogP contribution in [-0.2, 0) is 4.79 Å². The van der Waals surface area contributed by atoms with Crippen LogP contribution in [0.4, 0.5) is 0 Å². The molecule has 1 aromatic heterocycles. The van der Waals surface area contributed by atoms with Crippen LogP contribution in [-0.4, -0.2) is 64.4 Å². The van der Waals surface area contributed by atoms with Crippen LogP contribution in [0.3, 0.4) is 0 Å². The van der Waals surface area contributed by atoms with Crippen molar-refractivity contribution in [2.45, 2.75) is 68.7 Å². The van der Waals surface area contributed by atoms with Gasteiger partial charge in [-0.1, -0.05) is 62.1 Å². The van der Waals surface area contributed by atoms with Gasteiger partial charge in [0.15, 0.2) is 0 Å². The molecular weight excluding hydrogens is 524 g/mol. The SMILES string of the molecule is O=C(NCCO)C1=CC(N(C(=O)c2cc3ccccc3oc2=O)C2CCCCCC2)C(O)C2Oc3ccccc3C12. The molecule has 2 heterocycles. The summed E-state index contributed by atoms with van der Waals surface area (Å²) in [4.78, 5) is 42.5. The van der Waals surface area contributed by atoms with Crippen LogP contribution in [0, 0.1) is 0 Å². The molecule has 2 aliphatic carbocycles. The number of fused-ring (bicyclic) bond motifs is 4. The van der Waals surface area contributed by atoms with Crippen molar-refractivity contribution in [2.75, 3.05) is 13.2 Å². The Bertz CT molecular complexity index is 1540. The molecule has 4 unspecified atom stereocenters. The first-order valence-electron chi connectivity index (χ1n) is 14.4. The molecule has 2 aromatic carbocycles. The lowest BCUT2D eigenvalue weighted by Gasteiger charge is -2.44. The van der Waals surface area contributed by atoms with Gasteiger partial charge in [-0.15, -0.1) is 0 Å². The minimum atomic E-state index is -1.17. The predicted octanol–water partition coefficient (Wildman–Crippen LogP) is 3.28. The molecule has 1 aliphatic heterocycles. The number of carbonyl (C=O) groups excluding carboxylic acids is 2. The van der Waals surface area contributed by atoms with Crippen molar-refractivity contribution < 1.29 is 29.0 Å². The largest absolute Gasteiger partial charge is 0.486 e. The number of hydrogen-bond acceptors (Lipinski definition) is 7. The van der Waals surface area contributed by atoms with Gasteiger partial charge in [-0.3, -0.25) is 9.59 Å². The van der Waals surface area contributed by atoms with E-state index >= 15 is 0 Å². The van der Waals surface area contributed by atoms with Crippen LogP contribution in [0.2, 0.25) is 0 Å². The van der Waals surface area contributed by atoms with Crippen molar-refractivity contribution in [3.05, 3.63) is 87.8 Å². The maximum atomic E-state index is 14.4. The number of amides is 2. The molecule has 3 N–H and O–H groups in total. The summed E-state index contributed by atoms with van der Waals surface area (Å²) in [5, 5.41) is 24.6. The number of aliphatic hydroxyl groups excluding tert-OH is 2. The third kappa shape index (κ3) is 5.04. The van der Waals surface area contributed by atoms with Gasteiger partial charge in [0.25, 0.3) is 5.91 Å². The highest BCUT2D eigenvalue weighted by Crippen LogP contribution is 2.47. The zero-order chi connectivity index (χ0) is 28.5. The summed E-state index contributed by atoms with van der Waals surface area (Å²) in [6.45, 7) is -0.163. The van der Waals surface area contributed by atoms with Crippen molar-refractivity contribution >= 4 is 22.8 Å². The van der Waals surface area contributed by atoms with Gasteiger partial charge in [-0.05, 0) is 37.1 Å². The van der Waals surface area contributed by atoms with E-state index in [1.54, 1.807) is 47.4 Å².